The molecule has 0 atom stereocenters. The lowest BCUT2D eigenvalue weighted by Gasteiger charge is -2.15. The highest BCUT2D eigenvalue weighted by Gasteiger charge is 2.09. The van der Waals surface area contributed by atoms with Gasteiger partial charge in [-0.25, -0.2) is 4.98 Å². The summed E-state index contributed by atoms with van der Waals surface area (Å²) in [6, 6.07) is 11.5. The van der Waals surface area contributed by atoms with Gasteiger partial charge in [0.1, 0.15) is 17.3 Å². The van der Waals surface area contributed by atoms with Crippen LogP contribution in [0.2, 0.25) is 0 Å². The average Bonchev–Trinajstić information content (AvgIpc) is 3.15. The van der Waals surface area contributed by atoms with E-state index in [9.17, 15) is 0 Å². The summed E-state index contributed by atoms with van der Waals surface area (Å²) in [7, 11) is 3.63. The summed E-state index contributed by atoms with van der Waals surface area (Å²) < 4.78 is 10.6. The fraction of sp³-hybridized carbons (Fsp3) is 0.278. The van der Waals surface area contributed by atoms with Gasteiger partial charge in [0.25, 0.3) is 0 Å². The summed E-state index contributed by atoms with van der Waals surface area (Å²) in [4.78, 5) is 10.7. The Hall–Kier alpha value is -3.09. The SMILES string of the molecule is CCN(C)c1ccnc(NCc2cc(-c3cccc(OC)c3)no2)n1. The highest BCUT2D eigenvalue weighted by atomic mass is 16.5. The van der Waals surface area contributed by atoms with Crippen LogP contribution in [-0.4, -0.2) is 35.8 Å². The molecule has 3 aromatic rings. The summed E-state index contributed by atoms with van der Waals surface area (Å²) in [6.45, 7) is 3.41. The van der Waals surface area contributed by atoms with E-state index in [2.05, 4.69) is 27.4 Å². The molecule has 7 nitrogen and oxygen atoms in total. The van der Waals surface area contributed by atoms with Gasteiger partial charge < -0.3 is 19.5 Å². The molecule has 0 bridgehead atoms. The number of anilines is 2. The predicted molar refractivity (Wildman–Crippen MR) is 96.8 cm³/mol. The topological polar surface area (TPSA) is 76.3 Å². The van der Waals surface area contributed by atoms with Crippen LogP contribution >= 0.6 is 0 Å². The number of methoxy groups -OCH3 is 1. The van der Waals surface area contributed by atoms with Crippen molar-refractivity contribution in [3.05, 3.63) is 48.4 Å². The van der Waals surface area contributed by atoms with Crippen molar-refractivity contribution in [1.29, 1.82) is 0 Å². The Morgan fingerprint density at radius 3 is 2.92 bits per heavy atom. The predicted octanol–water partition coefficient (Wildman–Crippen LogP) is 3.21. The molecule has 2 aromatic heterocycles. The standard InChI is InChI=1S/C18H21N5O2/c1-4-23(2)17-8-9-19-18(21-17)20-12-15-11-16(22-25-15)13-6-5-7-14(10-13)24-3/h5-11H,4,12H2,1-3H3,(H,19,20,21). The Balaban J connectivity index is 1.68. The van der Waals surface area contributed by atoms with Gasteiger partial charge in [-0.05, 0) is 25.1 Å². The van der Waals surface area contributed by atoms with Crippen LogP contribution in [0, 0.1) is 0 Å². The average molecular weight is 339 g/mol. The molecule has 0 unspecified atom stereocenters. The van der Waals surface area contributed by atoms with E-state index in [1.807, 2.05) is 48.3 Å². The lowest BCUT2D eigenvalue weighted by Crippen LogP contribution is -2.18. The molecule has 0 aliphatic heterocycles. The minimum Gasteiger partial charge on any atom is -0.497 e. The summed E-state index contributed by atoms with van der Waals surface area (Å²) in [5.41, 5.74) is 1.70. The van der Waals surface area contributed by atoms with Crippen molar-refractivity contribution in [3.63, 3.8) is 0 Å². The molecule has 0 aliphatic carbocycles. The van der Waals surface area contributed by atoms with E-state index in [0.29, 0.717) is 18.3 Å². The summed E-state index contributed by atoms with van der Waals surface area (Å²) in [5, 5.41) is 7.27. The van der Waals surface area contributed by atoms with Gasteiger partial charge in [-0.3, -0.25) is 0 Å². The Bertz CT molecular complexity index is 834. The molecule has 0 spiro atoms. The van der Waals surface area contributed by atoms with Crippen LogP contribution in [0.1, 0.15) is 12.7 Å². The van der Waals surface area contributed by atoms with Gasteiger partial charge in [0.2, 0.25) is 5.95 Å². The van der Waals surface area contributed by atoms with Crippen molar-refractivity contribution < 1.29 is 9.26 Å². The van der Waals surface area contributed by atoms with E-state index >= 15 is 0 Å². The normalized spacial score (nSPS) is 10.5. The van der Waals surface area contributed by atoms with Gasteiger partial charge in [-0.1, -0.05) is 17.3 Å². The molecular formula is C18H21N5O2. The van der Waals surface area contributed by atoms with Crippen molar-refractivity contribution in [2.75, 3.05) is 30.9 Å². The largest absolute Gasteiger partial charge is 0.497 e. The monoisotopic (exact) mass is 339 g/mol. The first-order valence-electron chi connectivity index (χ1n) is 8.07. The van der Waals surface area contributed by atoms with E-state index < -0.39 is 0 Å². The highest BCUT2D eigenvalue weighted by molar-refractivity contribution is 5.61. The first kappa shape index (κ1) is 16.8. The van der Waals surface area contributed by atoms with Crippen molar-refractivity contribution in [2.45, 2.75) is 13.5 Å². The third kappa shape index (κ3) is 4.06. The summed E-state index contributed by atoms with van der Waals surface area (Å²) in [6.07, 6.45) is 1.74. The van der Waals surface area contributed by atoms with E-state index in [4.69, 9.17) is 9.26 Å². The Morgan fingerprint density at radius 2 is 2.12 bits per heavy atom. The number of nitrogens with zero attached hydrogens (tertiary/aromatic N) is 4. The molecule has 3 rings (SSSR count). The fourth-order valence-electron chi connectivity index (χ4n) is 2.29. The minimum absolute atomic E-state index is 0.455. The number of rotatable bonds is 7. The van der Waals surface area contributed by atoms with Crippen LogP contribution in [0.15, 0.2) is 47.1 Å². The highest BCUT2D eigenvalue weighted by Crippen LogP contribution is 2.23. The van der Waals surface area contributed by atoms with Crippen molar-refractivity contribution in [3.8, 4) is 17.0 Å². The molecule has 1 aromatic carbocycles. The van der Waals surface area contributed by atoms with Gasteiger partial charge in [-0.2, -0.15) is 4.98 Å². The van der Waals surface area contributed by atoms with Crippen molar-refractivity contribution in [2.24, 2.45) is 0 Å². The van der Waals surface area contributed by atoms with Gasteiger partial charge in [0.15, 0.2) is 5.76 Å². The molecule has 25 heavy (non-hydrogen) atoms. The molecule has 0 fully saturated rings. The van der Waals surface area contributed by atoms with Crippen LogP contribution in [0.5, 0.6) is 5.75 Å². The third-order valence-corrected chi connectivity index (χ3v) is 3.85. The van der Waals surface area contributed by atoms with Crippen molar-refractivity contribution in [1.82, 2.24) is 15.1 Å². The molecule has 0 saturated carbocycles. The zero-order chi connectivity index (χ0) is 17.6. The third-order valence-electron chi connectivity index (χ3n) is 3.85. The quantitative estimate of drug-likeness (QED) is 0.708. The van der Waals surface area contributed by atoms with Crippen LogP contribution in [-0.2, 0) is 6.54 Å². The molecule has 2 heterocycles. The van der Waals surface area contributed by atoms with Crippen molar-refractivity contribution >= 4 is 11.8 Å². The number of benzene rings is 1. The Kier molecular flexibility index (Phi) is 5.13. The van der Waals surface area contributed by atoms with Gasteiger partial charge in [0, 0.05) is 31.4 Å². The number of aromatic nitrogens is 3. The zero-order valence-corrected chi connectivity index (χ0v) is 14.6. The van der Waals surface area contributed by atoms with Crippen LogP contribution < -0.4 is 15.0 Å². The summed E-state index contributed by atoms with van der Waals surface area (Å²) in [5.74, 6) is 2.91. The van der Waals surface area contributed by atoms with E-state index in [0.717, 1.165) is 29.4 Å². The number of hydrogen-bond acceptors (Lipinski definition) is 7. The lowest BCUT2D eigenvalue weighted by atomic mass is 10.1. The van der Waals surface area contributed by atoms with Gasteiger partial charge in [0.05, 0.1) is 13.7 Å². The van der Waals surface area contributed by atoms with E-state index in [1.54, 1.807) is 13.3 Å². The van der Waals surface area contributed by atoms with Crippen LogP contribution in [0.4, 0.5) is 11.8 Å². The molecule has 1 N–H and O–H groups in total. The number of hydrogen-bond donors (Lipinski definition) is 1. The molecule has 0 saturated heterocycles. The second kappa shape index (κ2) is 7.65. The molecule has 0 aliphatic rings. The number of nitrogens with one attached hydrogen (secondary N) is 1. The fourth-order valence-corrected chi connectivity index (χ4v) is 2.29. The maximum absolute atomic E-state index is 5.39. The van der Waals surface area contributed by atoms with Gasteiger partial charge in [-0.15, -0.1) is 0 Å². The Labute approximate surface area is 146 Å². The molecule has 7 heteroatoms. The second-order valence-electron chi connectivity index (χ2n) is 5.52. The lowest BCUT2D eigenvalue weighted by molar-refractivity contribution is 0.389. The second-order valence-corrected chi connectivity index (χ2v) is 5.52. The van der Waals surface area contributed by atoms with Crippen LogP contribution in [0.3, 0.4) is 0 Å². The minimum atomic E-state index is 0.455. The van der Waals surface area contributed by atoms with E-state index in [1.165, 1.54) is 0 Å². The summed E-state index contributed by atoms with van der Waals surface area (Å²) >= 11 is 0. The first-order chi connectivity index (χ1) is 12.2. The molecule has 130 valence electrons. The maximum Gasteiger partial charge on any atom is 0.224 e. The molecule has 0 radical (unpaired) electrons. The molecular weight excluding hydrogens is 318 g/mol. The maximum atomic E-state index is 5.39. The smallest absolute Gasteiger partial charge is 0.224 e. The first-order valence-corrected chi connectivity index (χ1v) is 8.07. The molecule has 0 amide bonds. The zero-order valence-electron chi connectivity index (χ0n) is 14.6. The van der Waals surface area contributed by atoms with Gasteiger partial charge >= 0.3 is 0 Å². The van der Waals surface area contributed by atoms with Crippen LogP contribution in [0.25, 0.3) is 11.3 Å². The van der Waals surface area contributed by atoms with E-state index in [-0.39, 0.29) is 0 Å². The number of ether oxygens (including phenoxy) is 1. The Morgan fingerprint density at radius 1 is 1.24 bits per heavy atom.